The number of benzene rings is 2. The minimum absolute atomic E-state index is 0.200. The number of nitrogens with two attached hydrogens (primary N) is 1. The lowest BCUT2D eigenvalue weighted by Gasteiger charge is -2.29. The maximum Gasteiger partial charge on any atom is 0.335 e. The van der Waals surface area contributed by atoms with E-state index in [0.29, 0.717) is 36.6 Å². The highest BCUT2D eigenvalue weighted by atomic mass is 16.5. The minimum atomic E-state index is -0.998. The molecule has 0 fully saturated rings. The zero-order chi connectivity index (χ0) is 20.3. The van der Waals surface area contributed by atoms with Gasteiger partial charge in [0.15, 0.2) is 18.1 Å². The fourth-order valence-corrected chi connectivity index (χ4v) is 3.11. The SMILES string of the molecule is COc1cc(C(=O)N2CCc3ccc(C(=O)O)cc3C2)ccc1OCC(N)=O. The van der Waals surface area contributed by atoms with E-state index in [1.165, 1.54) is 7.11 Å². The van der Waals surface area contributed by atoms with Crippen LogP contribution in [0, 0.1) is 0 Å². The molecule has 3 N–H and O–H groups in total. The lowest BCUT2D eigenvalue weighted by atomic mass is 9.97. The number of carbonyl (C=O) groups excluding carboxylic acids is 2. The molecule has 3 rings (SSSR count). The molecule has 0 aliphatic carbocycles. The van der Waals surface area contributed by atoms with Crippen molar-refractivity contribution in [2.75, 3.05) is 20.3 Å². The van der Waals surface area contributed by atoms with Gasteiger partial charge in [0, 0.05) is 18.7 Å². The van der Waals surface area contributed by atoms with Crippen LogP contribution in [0.3, 0.4) is 0 Å². The Bertz CT molecular complexity index is 940. The van der Waals surface area contributed by atoms with Gasteiger partial charge in [-0.05, 0) is 47.9 Å². The lowest BCUT2D eigenvalue weighted by molar-refractivity contribution is -0.119. The van der Waals surface area contributed by atoms with E-state index in [1.54, 1.807) is 41.3 Å². The number of carbonyl (C=O) groups is 3. The summed E-state index contributed by atoms with van der Waals surface area (Å²) in [5.74, 6) is -1.19. The average molecular weight is 384 g/mol. The molecule has 0 aromatic heterocycles. The third-order valence-electron chi connectivity index (χ3n) is 4.53. The van der Waals surface area contributed by atoms with Gasteiger partial charge in [-0.15, -0.1) is 0 Å². The molecule has 2 aromatic rings. The van der Waals surface area contributed by atoms with E-state index in [9.17, 15) is 14.4 Å². The zero-order valence-corrected chi connectivity index (χ0v) is 15.3. The van der Waals surface area contributed by atoms with Gasteiger partial charge >= 0.3 is 5.97 Å². The average Bonchev–Trinajstić information content (AvgIpc) is 2.70. The molecule has 0 saturated carbocycles. The molecule has 8 nitrogen and oxygen atoms in total. The number of hydrogen-bond donors (Lipinski definition) is 2. The van der Waals surface area contributed by atoms with Crippen molar-refractivity contribution in [3.63, 3.8) is 0 Å². The fraction of sp³-hybridized carbons (Fsp3) is 0.250. The van der Waals surface area contributed by atoms with E-state index >= 15 is 0 Å². The maximum atomic E-state index is 12.9. The highest BCUT2D eigenvalue weighted by molar-refractivity contribution is 5.95. The minimum Gasteiger partial charge on any atom is -0.493 e. The van der Waals surface area contributed by atoms with Crippen LogP contribution in [0.2, 0.25) is 0 Å². The van der Waals surface area contributed by atoms with Crippen LogP contribution in [0.15, 0.2) is 36.4 Å². The summed E-state index contributed by atoms with van der Waals surface area (Å²) in [4.78, 5) is 36.6. The van der Waals surface area contributed by atoms with Crippen molar-refractivity contribution in [1.29, 1.82) is 0 Å². The molecule has 28 heavy (non-hydrogen) atoms. The number of carboxylic acids is 1. The number of primary amides is 1. The third-order valence-corrected chi connectivity index (χ3v) is 4.53. The molecule has 0 bridgehead atoms. The molecule has 0 unspecified atom stereocenters. The molecule has 1 aliphatic heterocycles. The molecule has 1 heterocycles. The molecule has 146 valence electrons. The first-order chi connectivity index (χ1) is 13.4. The van der Waals surface area contributed by atoms with Crippen LogP contribution in [0.4, 0.5) is 0 Å². The number of nitrogens with zero attached hydrogens (tertiary/aromatic N) is 1. The predicted octanol–water partition coefficient (Wildman–Crippen LogP) is 1.46. The Morgan fingerprint density at radius 1 is 1.07 bits per heavy atom. The van der Waals surface area contributed by atoms with Crippen molar-refractivity contribution in [2.24, 2.45) is 5.73 Å². The van der Waals surface area contributed by atoms with Crippen LogP contribution >= 0.6 is 0 Å². The molecule has 8 heteroatoms. The normalized spacial score (nSPS) is 12.8. The summed E-state index contributed by atoms with van der Waals surface area (Å²) < 4.78 is 10.5. The lowest BCUT2D eigenvalue weighted by Crippen LogP contribution is -2.36. The van der Waals surface area contributed by atoms with Gasteiger partial charge in [-0.3, -0.25) is 9.59 Å². The molecule has 0 saturated heterocycles. The van der Waals surface area contributed by atoms with Gasteiger partial charge < -0.3 is 25.2 Å². The Balaban J connectivity index is 1.79. The quantitative estimate of drug-likeness (QED) is 0.778. The Labute approximate surface area is 161 Å². The summed E-state index contributed by atoms with van der Waals surface area (Å²) in [6.45, 7) is 0.566. The van der Waals surface area contributed by atoms with Gasteiger partial charge in [0.1, 0.15) is 0 Å². The molecular weight excluding hydrogens is 364 g/mol. The molecular formula is C20H20N2O6. The predicted molar refractivity (Wildman–Crippen MR) is 99.5 cm³/mol. The second-order valence-corrected chi connectivity index (χ2v) is 6.39. The van der Waals surface area contributed by atoms with Crippen LogP contribution in [-0.4, -0.2) is 48.1 Å². The van der Waals surface area contributed by atoms with Crippen LogP contribution < -0.4 is 15.2 Å². The van der Waals surface area contributed by atoms with Crippen molar-refractivity contribution < 1.29 is 29.0 Å². The topological polar surface area (TPSA) is 119 Å². The summed E-state index contributed by atoms with van der Waals surface area (Å²) in [5, 5.41) is 9.17. The van der Waals surface area contributed by atoms with Gasteiger partial charge in [0.25, 0.3) is 11.8 Å². The molecule has 2 amide bonds. The number of rotatable bonds is 6. The molecule has 0 atom stereocenters. The van der Waals surface area contributed by atoms with Crippen molar-refractivity contribution in [1.82, 2.24) is 4.90 Å². The standard InChI is InChI=1S/C20H20N2O6/c1-27-17-9-13(4-5-16(17)28-11-18(21)23)19(24)22-7-6-12-2-3-14(20(25)26)8-15(12)10-22/h2-5,8-9H,6-7,10-11H2,1H3,(H2,21,23)(H,25,26). The van der Waals surface area contributed by atoms with Crippen molar-refractivity contribution in [3.05, 3.63) is 58.7 Å². The number of amides is 2. The number of methoxy groups -OCH3 is 1. The number of carboxylic acid groups (broad SMARTS) is 1. The Morgan fingerprint density at radius 2 is 1.82 bits per heavy atom. The summed E-state index contributed by atoms with van der Waals surface area (Å²) in [6, 6.07) is 9.67. The van der Waals surface area contributed by atoms with Crippen LogP contribution in [0.1, 0.15) is 31.8 Å². The first-order valence-corrected chi connectivity index (χ1v) is 8.62. The zero-order valence-electron chi connectivity index (χ0n) is 15.3. The summed E-state index contributed by atoms with van der Waals surface area (Å²) in [7, 11) is 1.44. The number of hydrogen-bond acceptors (Lipinski definition) is 5. The van der Waals surface area contributed by atoms with Gasteiger partial charge in [0.2, 0.25) is 0 Å². The smallest absolute Gasteiger partial charge is 0.335 e. The Hall–Kier alpha value is -3.55. The molecule has 0 radical (unpaired) electrons. The fourth-order valence-electron chi connectivity index (χ4n) is 3.11. The van der Waals surface area contributed by atoms with E-state index < -0.39 is 11.9 Å². The van der Waals surface area contributed by atoms with E-state index in [0.717, 1.165) is 11.1 Å². The summed E-state index contributed by atoms with van der Waals surface area (Å²) >= 11 is 0. The van der Waals surface area contributed by atoms with E-state index in [1.807, 2.05) is 0 Å². The van der Waals surface area contributed by atoms with Gasteiger partial charge in [-0.25, -0.2) is 4.79 Å². The van der Waals surface area contributed by atoms with Crippen molar-refractivity contribution in [2.45, 2.75) is 13.0 Å². The first-order valence-electron chi connectivity index (χ1n) is 8.62. The second kappa shape index (κ2) is 7.99. The summed E-state index contributed by atoms with van der Waals surface area (Å²) in [5.41, 5.74) is 7.55. The van der Waals surface area contributed by atoms with Gasteiger partial charge in [-0.2, -0.15) is 0 Å². The highest BCUT2D eigenvalue weighted by Gasteiger charge is 2.23. The monoisotopic (exact) mass is 384 g/mol. The number of ether oxygens (including phenoxy) is 2. The summed E-state index contributed by atoms with van der Waals surface area (Å²) in [6.07, 6.45) is 0.651. The van der Waals surface area contributed by atoms with Crippen molar-refractivity contribution >= 4 is 17.8 Å². The number of aromatic carboxylic acids is 1. The Kier molecular flexibility index (Phi) is 5.49. The van der Waals surface area contributed by atoms with Gasteiger partial charge in [-0.1, -0.05) is 6.07 Å². The van der Waals surface area contributed by atoms with Gasteiger partial charge in [0.05, 0.1) is 12.7 Å². The molecule has 0 spiro atoms. The first kappa shape index (κ1) is 19.2. The molecule has 2 aromatic carbocycles. The third kappa shape index (κ3) is 4.06. The van der Waals surface area contributed by atoms with E-state index in [2.05, 4.69) is 0 Å². The van der Waals surface area contributed by atoms with Crippen molar-refractivity contribution in [3.8, 4) is 11.5 Å². The largest absolute Gasteiger partial charge is 0.493 e. The highest BCUT2D eigenvalue weighted by Crippen LogP contribution is 2.29. The van der Waals surface area contributed by atoms with Crippen LogP contribution in [0.25, 0.3) is 0 Å². The van der Waals surface area contributed by atoms with E-state index in [4.69, 9.17) is 20.3 Å². The Morgan fingerprint density at radius 3 is 2.50 bits per heavy atom. The second-order valence-electron chi connectivity index (χ2n) is 6.39. The van der Waals surface area contributed by atoms with Crippen LogP contribution in [-0.2, 0) is 17.8 Å². The molecule has 1 aliphatic rings. The maximum absolute atomic E-state index is 12.9. The number of fused-ring (bicyclic) bond motifs is 1. The van der Waals surface area contributed by atoms with E-state index in [-0.39, 0.29) is 18.1 Å². The van der Waals surface area contributed by atoms with Crippen LogP contribution in [0.5, 0.6) is 11.5 Å².